The third kappa shape index (κ3) is 3.39. The van der Waals surface area contributed by atoms with Gasteiger partial charge in [-0.15, -0.1) is 12.4 Å². The molecule has 4 heteroatoms. The summed E-state index contributed by atoms with van der Waals surface area (Å²) in [7, 11) is 0. The third-order valence-corrected chi connectivity index (χ3v) is 4.44. The molecule has 2 rings (SSSR count). The van der Waals surface area contributed by atoms with Gasteiger partial charge in [0, 0.05) is 12.6 Å². The first-order chi connectivity index (χ1) is 8.24. The number of fused-ring (bicyclic) bond motifs is 1. The number of likely N-dealkylation sites (tertiary alicyclic amines) is 1. The van der Waals surface area contributed by atoms with Crippen LogP contribution in [-0.2, 0) is 4.79 Å². The molecule has 2 aliphatic rings. The molecule has 0 spiro atoms. The summed E-state index contributed by atoms with van der Waals surface area (Å²) < 4.78 is 0. The minimum Gasteiger partial charge on any atom is -0.338 e. The molecule has 3 nitrogen and oxygen atoms in total. The van der Waals surface area contributed by atoms with Crippen molar-refractivity contribution in [3.63, 3.8) is 0 Å². The highest BCUT2D eigenvalue weighted by molar-refractivity contribution is 5.85. The number of halogens is 1. The summed E-state index contributed by atoms with van der Waals surface area (Å²) >= 11 is 0. The van der Waals surface area contributed by atoms with Gasteiger partial charge in [-0.3, -0.25) is 4.79 Å². The third-order valence-electron chi connectivity index (χ3n) is 4.44. The summed E-state index contributed by atoms with van der Waals surface area (Å²) in [5.74, 6) is 0.971. The van der Waals surface area contributed by atoms with Gasteiger partial charge in [0.2, 0.25) is 5.91 Å². The smallest absolute Gasteiger partial charge is 0.239 e. The van der Waals surface area contributed by atoms with Gasteiger partial charge in [-0.05, 0) is 38.0 Å². The molecule has 106 valence electrons. The lowest BCUT2D eigenvalue weighted by atomic mass is 9.78. The lowest BCUT2D eigenvalue weighted by Crippen LogP contribution is -2.54. The number of nitrogens with zero attached hydrogens (tertiary/aromatic N) is 1. The Morgan fingerprint density at radius 3 is 2.67 bits per heavy atom. The Morgan fingerprint density at radius 1 is 1.28 bits per heavy atom. The van der Waals surface area contributed by atoms with E-state index < -0.39 is 0 Å². The summed E-state index contributed by atoms with van der Waals surface area (Å²) in [5, 5.41) is 0. The average Bonchev–Trinajstić information content (AvgIpc) is 2.37. The Morgan fingerprint density at radius 2 is 1.94 bits per heavy atom. The summed E-state index contributed by atoms with van der Waals surface area (Å²) in [5.41, 5.74) is 5.99. The first-order valence-corrected chi connectivity index (χ1v) is 7.30. The van der Waals surface area contributed by atoms with Gasteiger partial charge in [0.05, 0.1) is 6.04 Å². The van der Waals surface area contributed by atoms with Gasteiger partial charge in [-0.1, -0.05) is 26.2 Å². The summed E-state index contributed by atoms with van der Waals surface area (Å²) in [6.45, 7) is 3.03. The van der Waals surface area contributed by atoms with Gasteiger partial charge in [0.1, 0.15) is 0 Å². The van der Waals surface area contributed by atoms with Crippen LogP contribution in [0, 0.1) is 5.92 Å². The highest BCUT2D eigenvalue weighted by Crippen LogP contribution is 2.35. The fourth-order valence-electron chi connectivity index (χ4n) is 3.55. The van der Waals surface area contributed by atoms with E-state index in [4.69, 9.17) is 5.73 Å². The molecule has 1 heterocycles. The Kier molecular flexibility index (Phi) is 6.44. The van der Waals surface area contributed by atoms with E-state index in [0.29, 0.717) is 6.04 Å². The molecule has 0 radical (unpaired) electrons. The molecule has 0 aromatic carbocycles. The number of hydrogen-bond donors (Lipinski definition) is 1. The maximum atomic E-state index is 12.3. The molecular formula is C14H27ClN2O. The topological polar surface area (TPSA) is 46.3 Å². The molecule has 0 aromatic heterocycles. The summed E-state index contributed by atoms with van der Waals surface area (Å²) in [4.78, 5) is 14.5. The lowest BCUT2D eigenvalue weighted by Gasteiger charge is -2.45. The van der Waals surface area contributed by atoms with Crippen molar-refractivity contribution in [3.8, 4) is 0 Å². The van der Waals surface area contributed by atoms with Crippen molar-refractivity contribution in [2.45, 2.75) is 70.4 Å². The van der Waals surface area contributed by atoms with Crippen molar-refractivity contribution in [1.29, 1.82) is 0 Å². The largest absolute Gasteiger partial charge is 0.338 e. The van der Waals surface area contributed by atoms with Crippen LogP contribution in [0.5, 0.6) is 0 Å². The first kappa shape index (κ1) is 15.8. The second kappa shape index (κ2) is 7.34. The SMILES string of the molecule is CCCC(N)C(=O)N1CCCC2CCCCC21.Cl. The van der Waals surface area contributed by atoms with Crippen LogP contribution in [0.25, 0.3) is 0 Å². The Hall–Kier alpha value is -0.280. The van der Waals surface area contributed by atoms with E-state index in [1.165, 1.54) is 38.5 Å². The number of rotatable bonds is 3. The monoisotopic (exact) mass is 274 g/mol. The van der Waals surface area contributed by atoms with Crippen LogP contribution in [0.2, 0.25) is 0 Å². The van der Waals surface area contributed by atoms with Gasteiger partial charge in [0.15, 0.2) is 0 Å². The van der Waals surface area contributed by atoms with E-state index in [9.17, 15) is 4.79 Å². The highest BCUT2D eigenvalue weighted by atomic mass is 35.5. The van der Waals surface area contributed by atoms with Gasteiger partial charge in [0.25, 0.3) is 0 Å². The number of amides is 1. The second-order valence-electron chi connectivity index (χ2n) is 5.68. The predicted molar refractivity (Wildman–Crippen MR) is 76.8 cm³/mol. The average molecular weight is 275 g/mol. The Balaban J connectivity index is 0.00000162. The maximum Gasteiger partial charge on any atom is 0.239 e. The van der Waals surface area contributed by atoms with Crippen molar-refractivity contribution in [3.05, 3.63) is 0 Å². The molecule has 2 N–H and O–H groups in total. The number of carbonyl (C=O) groups is 1. The molecule has 18 heavy (non-hydrogen) atoms. The van der Waals surface area contributed by atoms with E-state index in [0.717, 1.165) is 25.3 Å². The highest BCUT2D eigenvalue weighted by Gasteiger charge is 2.36. The van der Waals surface area contributed by atoms with Crippen molar-refractivity contribution >= 4 is 18.3 Å². The fourth-order valence-corrected chi connectivity index (χ4v) is 3.55. The van der Waals surface area contributed by atoms with Crippen LogP contribution in [0.4, 0.5) is 0 Å². The molecule has 1 aliphatic heterocycles. The summed E-state index contributed by atoms with van der Waals surface area (Å²) in [6, 6.07) is 0.244. The van der Waals surface area contributed by atoms with Gasteiger partial charge < -0.3 is 10.6 Å². The van der Waals surface area contributed by atoms with E-state index >= 15 is 0 Å². The fraction of sp³-hybridized carbons (Fsp3) is 0.929. The van der Waals surface area contributed by atoms with Crippen LogP contribution in [0.1, 0.15) is 58.3 Å². The van der Waals surface area contributed by atoms with Crippen molar-refractivity contribution in [2.75, 3.05) is 6.54 Å². The molecule has 3 unspecified atom stereocenters. The van der Waals surface area contributed by atoms with Gasteiger partial charge in [-0.25, -0.2) is 0 Å². The van der Waals surface area contributed by atoms with E-state index in [2.05, 4.69) is 11.8 Å². The van der Waals surface area contributed by atoms with Crippen molar-refractivity contribution in [2.24, 2.45) is 11.7 Å². The molecule has 3 atom stereocenters. The molecule has 0 aromatic rings. The zero-order valence-corrected chi connectivity index (χ0v) is 12.3. The van der Waals surface area contributed by atoms with Crippen LogP contribution < -0.4 is 5.73 Å². The maximum absolute atomic E-state index is 12.3. The molecule has 1 saturated carbocycles. The lowest BCUT2D eigenvalue weighted by molar-refractivity contribution is -0.139. The van der Waals surface area contributed by atoms with Crippen LogP contribution in [0.15, 0.2) is 0 Å². The predicted octanol–water partition coefficient (Wildman–Crippen LogP) is 2.72. The second-order valence-corrected chi connectivity index (χ2v) is 5.68. The number of hydrogen-bond acceptors (Lipinski definition) is 2. The van der Waals surface area contributed by atoms with Gasteiger partial charge in [-0.2, -0.15) is 0 Å². The first-order valence-electron chi connectivity index (χ1n) is 7.30. The van der Waals surface area contributed by atoms with E-state index in [-0.39, 0.29) is 24.4 Å². The van der Waals surface area contributed by atoms with Crippen molar-refractivity contribution in [1.82, 2.24) is 4.90 Å². The molecule has 2 fully saturated rings. The molecular weight excluding hydrogens is 248 g/mol. The molecule has 1 saturated heterocycles. The molecule has 1 amide bonds. The zero-order valence-electron chi connectivity index (χ0n) is 11.4. The Bertz CT molecular complexity index is 271. The van der Waals surface area contributed by atoms with Crippen LogP contribution in [0.3, 0.4) is 0 Å². The number of carbonyl (C=O) groups excluding carboxylic acids is 1. The Labute approximate surface area is 117 Å². The molecule has 1 aliphatic carbocycles. The zero-order chi connectivity index (χ0) is 12.3. The van der Waals surface area contributed by atoms with Crippen LogP contribution in [-0.4, -0.2) is 29.4 Å². The van der Waals surface area contributed by atoms with E-state index in [1.54, 1.807) is 0 Å². The molecule has 0 bridgehead atoms. The van der Waals surface area contributed by atoms with E-state index in [1.807, 2.05) is 0 Å². The van der Waals surface area contributed by atoms with Crippen molar-refractivity contribution < 1.29 is 4.79 Å². The summed E-state index contributed by atoms with van der Waals surface area (Å²) in [6.07, 6.45) is 9.47. The van der Waals surface area contributed by atoms with Crippen LogP contribution >= 0.6 is 12.4 Å². The van der Waals surface area contributed by atoms with Gasteiger partial charge >= 0.3 is 0 Å². The minimum absolute atomic E-state index is 0. The normalized spacial score (nSPS) is 29.1. The number of nitrogens with two attached hydrogens (primary N) is 1. The standard InChI is InChI=1S/C14H26N2O.ClH/c1-2-6-12(15)14(17)16-10-5-8-11-7-3-4-9-13(11)16;/h11-13H,2-10,15H2,1H3;1H. The number of piperidine rings is 1. The quantitative estimate of drug-likeness (QED) is 0.860. The minimum atomic E-state index is -0.263.